The van der Waals surface area contributed by atoms with Crippen LogP contribution in [0.4, 0.5) is 0 Å². The Morgan fingerprint density at radius 3 is 2.64 bits per heavy atom. The first-order valence-corrected chi connectivity index (χ1v) is 12.8. The summed E-state index contributed by atoms with van der Waals surface area (Å²) >= 11 is 3.60. The molecule has 1 aliphatic heterocycles. The van der Waals surface area contributed by atoms with Gasteiger partial charge in [0.15, 0.2) is 14.1 Å². The number of nitrogens with zero attached hydrogens (tertiary/aromatic N) is 1. The molecule has 1 atom stereocenters. The van der Waals surface area contributed by atoms with Crippen LogP contribution in [-0.2, 0) is 9.84 Å². The molecule has 0 bridgehead atoms. The molecule has 0 N–H and O–H groups in total. The first-order valence-electron chi connectivity index (χ1n) is 9.11. The molecule has 1 aromatic rings. The van der Waals surface area contributed by atoms with Crippen molar-refractivity contribution in [1.29, 1.82) is 0 Å². The lowest BCUT2D eigenvalue weighted by molar-refractivity contribution is 0.175. The number of rotatable bonds is 5. The van der Waals surface area contributed by atoms with Gasteiger partial charge in [-0.05, 0) is 71.4 Å². The second-order valence-electron chi connectivity index (χ2n) is 9.37. The quantitative estimate of drug-likeness (QED) is 0.433. The molecule has 0 amide bonds. The van der Waals surface area contributed by atoms with Gasteiger partial charge in [0.1, 0.15) is 11.2 Å². The molecule has 25 heavy (non-hydrogen) atoms. The van der Waals surface area contributed by atoms with Gasteiger partial charge in [0, 0.05) is 12.2 Å². The molecule has 3 nitrogen and oxygen atoms in total. The maximum atomic E-state index is 6.54. The van der Waals surface area contributed by atoms with Crippen LogP contribution < -0.4 is 4.74 Å². The summed E-state index contributed by atoms with van der Waals surface area (Å²) in [5.74, 6) is 1.48. The van der Waals surface area contributed by atoms with Gasteiger partial charge in [-0.2, -0.15) is 0 Å². The number of fused-ring (bicyclic) bond motifs is 1. The molecule has 138 valence electrons. The third kappa shape index (κ3) is 3.60. The van der Waals surface area contributed by atoms with Crippen molar-refractivity contribution in [2.24, 2.45) is 5.92 Å². The average Bonchev–Trinajstić information content (AvgIpc) is 3.29. The highest BCUT2D eigenvalue weighted by atomic mass is 79.9. The molecule has 5 heteroatoms. The minimum atomic E-state index is -1.80. The Balaban J connectivity index is 1.87. The highest BCUT2D eigenvalue weighted by Gasteiger charge is 2.43. The van der Waals surface area contributed by atoms with Gasteiger partial charge in [-0.1, -0.05) is 27.4 Å². The predicted molar refractivity (Wildman–Crippen MR) is 110 cm³/mol. The van der Waals surface area contributed by atoms with E-state index in [1.54, 1.807) is 0 Å². The summed E-state index contributed by atoms with van der Waals surface area (Å²) in [4.78, 5) is 4.68. The molecule has 2 heterocycles. The maximum Gasteiger partial charge on any atom is 0.192 e. The van der Waals surface area contributed by atoms with Crippen LogP contribution >= 0.6 is 15.9 Å². The topological polar surface area (TPSA) is 31.4 Å². The van der Waals surface area contributed by atoms with Crippen molar-refractivity contribution in [2.75, 3.05) is 13.2 Å². The molecule has 1 saturated carbocycles. The fraction of sp³-hybridized carbons (Fsp3) is 0.650. The zero-order valence-electron chi connectivity index (χ0n) is 16.3. The van der Waals surface area contributed by atoms with Crippen molar-refractivity contribution in [1.82, 2.24) is 4.98 Å². The van der Waals surface area contributed by atoms with E-state index in [4.69, 9.17) is 9.16 Å². The molecule has 1 aromatic heterocycles. The second kappa shape index (κ2) is 6.21. The number of allylic oxidation sites excluding steroid dienone is 1. The minimum absolute atomic E-state index is 0.144. The highest BCUT2D eigenvalue weighted by molar-refractivity contribution is 9.10. The zero-order valence-corrected chi connectivity index (χ0v) is 18.9. The molecular formula is C20H30BrNO2Si. The van der Waals surface area contributed by atoms with Crippen LogP contribution in [0.5, 0.6) is 5.75 Å². The van der Waals surface area contributed by atoms with Crippen molar-refractivity contribution in [2.45, 2.75) is 64.1 Å². The van der Waals surface area contributed by atoms with E-state index in [-0.39, 0.29) is 10.5 Å². The fourth-order valence-corrected chi connectivity index (χ4v) is 4.51. The lowest BCUT2D eigenvalue weighted by atomic mass is 9.85. The molecule has 3 rings (SSSR count). The molecule has 1 fully saturated rings. The van der Waals surface area contributed by atoms with Crippen LogP contribution in [0.3, 0.4) is 0 Å². The first-order chi connectivity index (χ1) is 11.4. The summed E-state index contributed by atoms with van der Waals surface area (Å²) in [6.45, 7) is 19.3. The van der Waals surface area contributed by atoms with E-state index < -0.39 is 8.32 Å². The smallest absolute Gasteiger partial charge is 0.192 e. The van der Waals surface area contributed by atoms with Crippen molar-refractivity contribution in [3.63, 3.8) is 0 Å². The largest absolute Gasteiger partial charge is 0.489 e. The third-order valence-corrected chi connectivity index (χ3v) is 11.1. The Morgan fingerprint density at radius 1 is 1.44 bits per heavy atom. The van der Waals surface area contributed by atoms with Crippen molar-refractivity contribution >= 4 is 29.8 Å². The number of hydrogen-bond donors (Lipinski definition) is 0. The van der Waals surface area contributed by atoms with Crippen LogP contribution in [0.25, 0.3) is 5.57 Å². The van der Waals surface area contributed by atoms with Gasteiger partial charge in [0.2, 0.25) is 0 Å². The Bertz CT molecular complexity index is 706. The summed E-state index contributed by atoms with van der Waals surface area (Å²) in [5.41, 5.74) is 3.21. The van der Waals surface area contributed by atoms with Crippen molar-refractivity contribution in [3.05, 3.63) is 28.5 Å². The standard InChI is InChI=1S/C20H30BrNO2Si/c1-13(14-8-9-14)16-10-15-17(18(21)22-16)23-11-20(15,5)12-24-25(6,7)19(2,3)4/h10,14H,1,8-9,11-12H2,2-7H3/t20-/m1/s1. The lowest BCUT2D eigenvalue weighted by Gasteiger charge is -2.38. The summed E-state index contributed by atoms with van der Waals surface area (Å²) in [5, 5.41) is 0.204. The van der Waals surface area contributed by atoms with E-state index in [1.807, 2.05) is 0 Å². The van der Waals surface area contributed by atoms with Crippen LogP contribution in [0, 0.1) is 5.92 Å². The van der Waals surface area contributed by atoms with Gasteiger partial charge in [-0.25, -0.2) is 4.98 Å². The second-order valence-corrected chi connectivity index (χ2v) is 14.9. The molecule has 0 saturated heterocycles. The molecule has 0 unspecified atom stereocenters. The summed E-state index contributed by atoms with van der Waals surface area (Å²) in [6.07, 6.45) is 2.47. The van der Waals surface area contributed by atoms with Crippen molar-refractivity contribution in [3.8, 4) is 5.75 Å². The Labute approximate surface area is 161 Å². The Hall–Kier alpha value is -0.653. The number of ether oxygens (including phenoxy) is 1. The molecule has 0 radical (unpaired) electrons. The number of halogens is 1. The van der Waals surface area contributed by atoms with E-state index in [1.165, 1.54) is 18.4 Å². The van der Waals surface area contributed by atoms with E-state index in [2.05, 4.69) is 74.3 Å². The van der Waals surface area contributed by atoms with Gasteiger partial charge < -0.3 is 9.16 Å². The van der Waals surface area contributed by atoms with Crippen LogP contribution in [0.2, 0.25) is 18.1 Å². The van der Waals surface area contributed by atoms with Crippen LogP contribution in [0.15, 0.2) is 17.2 Å². The zero-order chi connectivity index (χ0) is 18.6. The Kier molecular flexibility index (Phi) is 4.75. The summed E-state index contributed by atoms with van der Waals surface area (Å²) in [6, 6.07) is 2.18. The lowest BCUT2D eigenvalue weighted by Crippen LogP contribution is -2.45. The molecule has 2 aliphatic rings. The normalized spacial score (nSPS) is 23.3. The van der Waals surface area contributed by atoms with Gasteiger partial charge in [-0.3, -0.25) is 0 Å². The Morgan fingerprint density at radius 2 is 2.08 bits per heavy atom. The maximum absolute atomic E-state index is 6.54. The number of pyridine rings is 1. The summed E-state index contributed by atoms with van der Waals surface area (Å²) < 4.78 is 13.3. The van der Waals surface area contributed by atoms with E-state index in [0.717, 1.165) is 21.6 Å². The molecule has 0 spiro atoms. The SMILES string of the molecule is C=C(c1cc2c(c(Br)n1)OC[C@]2(C)CO[Si](C)(C)C(C)(C)C)C1CC1. The average molecular weight is 424 g/mol. The van der Waals surface area contributed by atoms with Gasteiger partial charge in [-0.15, -0.1) is 0 Å². The van der Waals surface area contributed by atoms with E-state index in [9.17, 15) is 0 Å². The monoisotopic (exact) mass is 423 g/mol. The van der Waals surface area contributed by atoms with Gasteiger partial charge in [0.25, 0.3) is 0 Å². The first kappa shape index (κ1) is 19.1. The molecule has 0 aromatic carbocycles. The van der Waals surface area contributed by atoms with Crippen molar-refractivity contribution < 1.29 is 9.16 Å². The van der Waals surface area contributed by atoms with Gasteiger partial charge in [0.05, 0.1) is 11.1 Å². The predicted octanol–water partition coefficient (Wildman–Crippen LogP) is 5.94. The summed E-state index contributed by atoms with van der Waals surface area (Å²) in [7, 11) is -1.80. The molecular weight excluding hydrogens is 394 g/mol. The number of hydrogen-bond acceptors (Lipinski definition) is 3. The molecule has 1 aliphatic carbocycles. The number of aromatic nitrogens is 1. The van der Waals surface area contributed by atoms with Crippen LogP contribution in [-0.4, -0.2) is 26.5 Å². The van der Waals surface area contributed by atoms with Gasteiger partial charge >= 0.3 is 0 Å². The van der Waals surface area contributed by atoms with E-state index in [0.29, 0.717) is 19.1 Å². The third-order valence-electron chi connectivity index (χ3n) is 6.07. The minimum Gasteiger partial charge on any atom is -0.489 e. The highest BCUT2D eigenvalue weighted by Crippen LogP contribution is 2.47. The van der Waals surface area contributed by atoms with E-state index >= 15 is 0 Å². The fourth-order valence-electron chi connectivity index (χ4n) is 2.88. The van der Waals surface area contributed by atoms with Crippen LogP contribution in [0.1, 0.15) is 51.8 Å².